The van der Waals surface area contributed by atoms with Crippen LogP contribution in [-0.2, 0) is 16.6 Å². The molecule has 1 saturated heterocycles. The Kier molecular flexibility index (Phi) is 4.33. The zero-order chi connectivity index (χ0) is 14.9. The first-order chi connectivity index (χ1) is 10.0. The SMILES string of the molecule is CS(=O)(=O)N1CCC(NCc2ccccc2C2CC2)CC1. The predicted octanol–water partition coefficient (Wildman–Crippen LogP) is 2.08. The molecule has 0 bridgehead atoms. The van der Waals surface area contributed by atoms with Gasteiger partial charge in [-0.3, -0.25) is 0 Å². The van der Waals surface area contributed by atoms with Gasteiger partial charge in [0.25, 0.3) is 0 Å². The Morgan fingerprint density at radius 3 is 2.43 bits per heavy atom. The molecule has 1 N–H and O–H groups in total. The summed E-state index contributed by atoms with van der Waals surface area (Å²) in [6.07, 6.45) is 5.75. The fraction of sp³-hybridized carbons (Fsp3) is 0.625. The van der Waals surface area contributed by atoms with Crippen LogP contribution in [0.15, 0.2) is 24.3 Å². The van der Waals surface area contributed by atoms with Crippen molar-refractivity contribution in [3.63, 3.8) is 0 Å². The molecule has 1 aliphatic carbocycles. The molecule has 0 aromatic heterocycles. The molecule has 2 fully saturated rings. The van der Waals surface area contributed by atoms with Gasteiger partial charge in [-0.2, -0.15) is 0 Å². The maximum absolute atomic E-state index is 11.5. The van der Waals surface area contributed by atoms with Gasteiger partial charge in [-0.1, -0.05) is 24.3 Å². The van der Waals surface area contributed by atoms with Crippen LogP contribution in [-0.4, -0.2) is 38.1 Å². The van der Waals surface area contributed by atoms with E-state index in [9.17, 15) is 8.42 Å². The summed E-state index contributed by atoms with van der Waals surface area (Å²) in [7, 11) is -3.02. The molecule has 1 heterocycles. The van der Waals surface area contributed by atoms with Crippen LogP contribution in [0, 0.1) is 0 Å². The number of rotatable bonds is 5. The van der Waals surface area contributed by atoms with Gasteiger partial charge in [-0.25, -0.2) is 12.7 Å². The number of sulfonamides is 1. The Bertz CT molecular complexity index is 588. The van der Waals surface area contributed by atoms with Crippen LogP contribution in [0.25, 0.3) is 0 Å². The molecule has 4 nitrogen and oxygen atoms in total. The van der Waals surface area contributed by atoms with E-state index in [1.54, 1.807) is 4.31 Å². The van der Waals surface area contributed by atoms with Gasteiger partial charge in [0.05, 0.1) is 6.26 Å². The summed E-state index contributed by atoms with van der Waals surface area (Å²) < 4.78 is 24.6. The molecule has 116 valence electrons. The van der Waals surface area contributed by atoms with Crippen molar-refractivity contribution in [2.75, 3.05) is 19.3 Å². The molecule has 0 unspecified atom stereocenters. The van der Waals surface area contributed by atoms with Crippen LogP contribution in [0.3, 0.4) is 0 Å². The molecule has 1 saturated carbocycles. The first kappa shape index (κ1) is 15.0. The first-order valence-electron chi connectivity index (χ1n) is 7.80. The van der Waals surface area contributed by atoms with E-state index in [4.69, 9.17) is 0 Å². The maximum atomic E-state index is 11.5. The second-order valence-electron chi connectivity index (χ2n) is 6.29. The third kappa shape index (κ3) is 3.84. The van der Waals surface area contributed by atoms with E-state index in [1.807, 2.05) is 0 Å². The monoisotopic (exact) mass is 308 g/mol. The van der Waals surface area contributed by atoms with Gasteiger partial charge < -0.3 is 5.32 Å². The van der Waals surface area contributed by atoms with Crippen LogP contribution in [0.2, 0.25) is 0 Å². The number of hydrogen-bond donors (Lipinski definition) is 1. The van der Waals surface area contributed by atoms with Gasteiger partial charge in [0.2, 0.25) is 10.0 Å². The third-order valence-corrected chi connectivity index (χ3v) is 5.88. The number of piperidine rings is 1. The summed E-state index contributed by atoms with van der Waals surface area (Å²) in [4.78, 5) is 0. The highest BCUT2D eigenvalue weighted by atomic mass is 32.2. The Morgan fingerprint density at radius 2 is 1.81 bits per heavy atom. The highest BCUT2D eigenvalue weighted by Crippen LogP contribution is 2.41. The van der Waals surface area contributed by atoms with Crippen LogP contribution < -0.4 is 5.32 Å². The lowest BCUT2D eigenvalue weighted by molar-refractivity contribution is 0.290. The van der Waals surface area contributed by atoms with Crippen molar-refractivity contribution >= 4 is 10.0 Å². The van der Waals surface area contributed by atoms with Gasteiger partial charge in [0.15, 0.2) is 0 Å². The molecule has 0 spiro atoms. The van der Waals surface area contributed by atoms with Crippen LogP contribution >= 0.6 is 0 Å². The molecule has 2 aliphatic rings. The molecule has 0 radical (unpaired) electrons. The molecule has 0 atom stereocenters. The minimum absolute atomic E-state index is 0.426. The summed E-state index contributed by atoms with van der Waals surface area (Å²) >= 11 is 0. The average molecular weight is 308 g/mol. The molecule has 3 rings (SSSR count). The maximum Gasteiger partial charge on any atom is 0.211 e. The third-order valence-electron chi connectivity index (χ3n) is 4.58. The molecule has 1 aromatic rings. The quantitative estimate of drug-likeness (QED) is 0.906. The normalized spacial score (nSPS) is 21.6. The fourth-order valence-corrected chi connectivity index (χ4v) is 4.01. The van der Waals surface area contributed by atoms with Crippen molar-refractivity contribution in [3.05, 3.63) is 35.4 Å². The van der Waals surface area contributed by atoms with E-state index in [0.29, 0.717) is 19.1 Å². The van der Waals surface area contributed by atoms with Gasteiger partial charge in [0.1, 0.15) is 0 Å². The standard InChI is InChI=1S/C16H24N2O2S/c1-21(19,20)18-10-8-15(9-11-18)17-12-14-4-2-3-5-16(14)13-6-7-13/h2-5,13,15,17H,6-12H2,1H3. The molecule has 1 aromatic carbocycles. The van der Waals surface area contributed by atoms with Gasteiger partial charge in [-0.05, 0) is 42.7 Å². The minimum atomic E-state index is -3.02. The number of hydrogen-bond acceptors (Lipinski definition) is 3. The molecule has 5 heteroatoms. The summed E-state index contributed by atoms with van der Waals surface area (Å²) in [5, 5.41) is 3.61. The number of nitrogens with one attached hydrogen (secondary N) is 1. The minimum Gasteiger partial charge on any atom is -0.310 e. The lowest BCUT2D eigenvalue weighted by Gasteiger charge is -2.31. The lowest BCUT2D eigenvalue weighted by atomic mass is 10.0. The van der Waals surface area contributed by atoms with Gasteiger partial charge in [-0.15, -0.1) is 0 Å². The van der Waals surface area contributed by atoms with Gasteiger partial charge >= 0.3 is 0 Å². The van der Waals surface area contributed by atoms with E-state index < -0.39 is 10.0 Å². The Balaban J connectivity index is 1.53. The van der Waals surface area contributed by atoms with E-state index in [0.717, 1.165) is 25.3 Å². The van der Waals surface area contributed by atoms with Crippen molar-refractivity contribution in [3.8, 4) is 0 Å². The van der Waals surface area contributed by atoms with Crippen molar-refractivity contribution in [1.29, 1.82) is 0 Å². The smallest absolute Gasteiger partial charge is 0.211 e. The topological polar surface area (TPSA) is 49.4 Å². The number of benzene rings is 1. The van der Waals surface area contributed by atoms with Gasteiger partial charge in [0, 0.05) is 25.7 Å². The molecule has 1 aliphatic heterocycles. The predicted molar refractivity (Wildman–Crippen MR) is 84.7 cm³/mol. The van der Waals surface area contributed by atoms with Crippen molar-refractivity contribution in [1.82, 2.24) is 9.62 Å². The highest BCUT2D eigenvalue weighted by molar-refractivity contribution is 7.88. The van der Waals surface area contributed by atoms with Crippen LogP contribution in [0.4, 0.5) is 0 Å². The zero-order valence-corrected chi connectivity index (χ0v) is 13.4. The number of nitrogens with zero attached hydrogens (tertiary/aromatic N) is 1. The summed E-state index contributed by atoms with van der Waals surface area (Å²) in [5.74, 6) is 0.773. The molecular formula is C16H24N2O2S. The van der Waals surface area contributed by atoms with E-state index in [2.05, 4.69) is 29.6 Å². The second-order valence-corrected chi connectivity index (χ2v) is 8.27. The summed E-state index contributed by atoms with van der Waals surface area (Å²) in [6, 6.07) is 9.12. The molecule has 0 amide bonds. The highest BCUT2D eigenvalue weighted by Gasteiger charge is 2.27. The average Bonchev–Trinajstić information content (AvgIpc) is 3.29. The van der Waals surface area contributed by atoms with Crippen molar-refractivity contribution < 1.29 is 8.42 Å². The van der Waals surface area contributed by atoms with Crippen LogP contribution in [0.1, 0.15) is 42.7 Å². The molecular weight excluding hydrogens is 284 g/mol. The van der Waals surface area contributed by atoms with Crippen LogP contribution in [0.5, 0.6) is 0 Å². The zero-order valence-electron chi connectivity index (χ0n) is 12.6. The fourth-order valence-electron chi connectivity index (χ4n) is 3.13. The second kappa shape index (κ2) is 6.07. The van der Waals surface area contributed by atoms with Crippen molar-refractivity contribution in [2.45, 2.75) is 44.2 Å². The van der Waals surface area contributed by atoms with E-state index >= 15 is 0 Å². The Hall–Kier alpha value is -0.910. The Morgan fingerprint density at radius 1 is 1.14 bits per heavy atom. The van der Waals surface area contributed by atoms with E-state index in [-0.39, 0.29) is 0 Å². The largest absolute Gasteiger partial charge is 0.310 e. The first-order valence-corrected chi connectivity index (χ1v) is 9.65. The summed E-state index contributed by atoms with van der Waals surface area (Å²) in [5.41, 5.74) is 2.91. The molecule has 21 heavy (non-hydrogen) atoms. The Labute approximate surface area is 127 Å². The van der Waals surface area contributed by atoms with E-state index in [1.165, 1.54) is 30.2 Å². The lowest BCUT2D eigenvalue weighted by Crippen LogP contribution is -2.44. The van der Waals surface area contributed by atoms with Crippen molar-refractivity contribution in [2.24, 2.45) is 0 Å². The summed E-state index contributed by atoms with van der Waals surface area (Å²) in [6.45, 7) is 2.18.